The summed E-state index contributed by atoms with van der Waals surface area (Å²) < 4.78 is 34.7. The molecule has 1 aliphatic heterocycles. The molecule has 0 unspecified atom stereocenters. The highest BCUT2D eigenvalue weighted by molar-refractivity contribution is 7.89. The third-order valence-corrected chi connectivity index (χ3v) is 8.88. The summed E-state index contributed by atoms with van der Waals surface area (Å²) in [6.07, 6.45) is 1.45. The van der Waals surface area contributed by atoms with Gasteiger partial charge in [0.05, 0.1) is 16.6 Å². The minimum Gasteiger partial charge on any atom is -0.456 e. The van der Waals surface area contributed by atoms with Crippen LogP contribution in [-0.2, 0) is 16.4 Å². The Bertz CT molecular complexity index is 1440. The number of ether oxygens (including phenoxy) is 1. The second-order valence-corrected chi connectivity index (χ2v) is 12.0. The number of thiocarbonyl (C=S) groups is 1. The van der Waals surface area contributed by atoms with E-state index in [4.69, 9.17) is 40.2 Å². The number of rotatable bonds is 7. The summed E-state index contributed by atoms with van der Waals surface area (Å²) in [5, 5.41) is 10.6. The fourth-order valence-corrected chi connectivity index (χ4v) is 6.51. The first kappa shape index (κ1) is 27.4. The topological polar surface area (TPSA) is 73.6 Å². The molecular formula is C27H25Cl2N3O3S2. The molecule has 0 spiro atoms. The molecule has 0 bridgehead atoms. The Kier molecular flexibility index (Phi) is 8.73. The van der Waals surface area contributed by atoms with Crippen molar-refractivity contribution < 1.29 is 13.2 Å². The van der Waals surface area contributed by atoms with Gasteiger partial charge in [0.1, 0.15) is 16.4 Å². The predicted octanol–water partition coefficient (Wildman–Crippen LogP) is 6.23. The average Bonchev–Trinajstić information content (AvgIpc) is 2.87. The van der Waals surface area contributed by atoms with Gasteiger partial charge in [-0.1, -0.05) is 47.6 Å². The maximum atomic E-state index is 13.7. The first-order valence-electron chi connectivity index (χ1n) is 11.7. The molecule has 0 amide bonds. The monoisotopic (exact) mass is 573 g/mol. The molecule has 3 aromatic rings. The van der Waals surface area contributed by atoms with Gasteiger partial charge in [-0.2, -0.15) is 9.57 Å². The third kappa shape index (κ3) is 6.81. The van der Waals surface area contributed by atoms with Crippen LogP contribution in [0.25, 0.3) is 0 Å². The normalized spacial score (nSPS) is 14.3. The molecule has 6 nitrogen and oxygen atoms in total. The van der Waals surface area contributed by atoms with Crippen molar-refractivity contribution in [3.8, 4) is 17.6 Å². The van der Waals surface area contributed by atoms with Crippen molar-refractivity contribution in [3.05, 3.63) is 87.4 Å². The molecule has 1 heterocycles. The summed E-state index contributed by atoms with van der Waals surface area (Å²) in [5.41, 5.74) is 2.22. The molecule has 0 atom stereocenters. The van der Waals surface area contributed by atoms with Gasteiger partial charge in [0, 0.05) is 42.6 Å². The van der Waals surface area contributed by atoms with Gasteiger partial charge in [-0.3, -0.25) is 0 Å². The van der Waals surface area contributed by atoms with Crippen molar-refractivity contribution in [1.82, 2.24) is 9.21 Å². The van der Waals surface area contributed by atoms with Crippen molar-refractivity contribution in [2.45, 2.75) is 24.7 Å². The number of hydrogen-bond donors (Lipinski definition) is 0. The van der Waals surface area contributed by atoms with Crippen LogP contribution in [-0.4, -0.2) is 48.8 Å². The molecule has 1 fully saturated rings. The zero-order valence-electron chi connectivity index (χ0n) is 20.2. The number of hydrogen-bond acceptors (Lipinski definition) is 5. The minimum absolute atomic E-state index is 0.0545. The van der Waals surface area contributed by atoms with Crippen LogP contribution < -0.4 is 4.74 Å². The van der Waals surface area contributed by atoms with E-state index < -0.39 is 10.0 Å². The molecule has 0 N–H and O–H groups in total. The maximum Gasteiger partial charge on any atom is 0.246 e. The predicted molar refractivity (Wildman–Crippen MR) is 150 cm³/mol. The Morgan fingerprint density at radius 3 is 2.46 bits per heavy atom. The SMILES string of the molecule is Cc1cc(Cl)cc(Oc2ccc(C#N)cc2S(=O)(=O)N2CCN(C(=S)CCc3cccc(Cl)c3)CC2)c1. The second-order valence-electron chi connectivity index (χ2n) is 8.75. The summed E-state index contributed by atoms with van der Waals surface area (Å²) in [6.45, 7) is 3.37. The summed E-state index contributed by atoms with van der Waals surface area (Å²) >= 11 is 17.9. The minimum atomic E-state index is -3.94. The van der Waals surface area contributed by atoms with E-state index in [1.54, 1.807) is 18.2 Å². The quantitative estimate of drug-likeness (QED) is 0.312. The van der Waals surface area contributed by atoms with Crippen molar-refractivity contribution in [2.24, 2.45) is 0 Å². The number of halogens is 2. The van der Waals surface area contributed by atoms with Crippen molar-refractivity contribution in [3.63, 3.8) is 0 Å². The van der Waals surface area contributed by atoms with Crippen LogP contribution in [0.5, 0.6) is 11.5 Å². The van der Waals surface area contributed by atoms with E-state index in [9.17, 15) is 13.7 Å². The molecule has 0 aliphatic carbocycles. The lowest BCUT2D eigenvalue weighted by Crippen LogP contribution is -2.50. The molecule has 1 aliphatic rings. The Hall–Kier alpha value is -2.67. The number of nitriles is 1. The number of nitrogens with zero attached hydrogens (tertiary/aromatic N) is 3. The maximum absolute atomic E-state index is 13.7. The molecule has 4 rings (SSSR count). The van der Waals surface area contributed by atoms with Crippen LogP contribution in [0.4, 0.5) is 0 Å². The van der Waals surface area contributed by atoms with Crippen molar-refractivity contribution in [1.29, 1.82) is 5.26 Å². The summed E-state index contributed by atoms with van der Waals surface area (Å²) in [5.74, 6) is 0.557. The van der Waals surface area contributed by atoms with Crippen LogP contribution in [0.15, 0.2) is 65.6 Å². The van der Waals surface area contributed by atoms with E-state index in [0.29, 0.717) is 35.3 Å². The van der Waals surface area contributed by atoms with Gasteiger partial charge in [-0.05, 0) is 73.0 Å². The van der Waals surface area contributed by atoms with Gasteiger partial charge in [-0.25, -0.2) is 8.42 Å². The average molecular weight is 575 g/mol. The van der Waals surface area contributed by atoms with Crippen LogP contribution in [0.1, 0.15) is 23.1 Å². The third-order valence-electron chi connectivity index (χ3n) is 6.04. The summed E-state index contributed by atoms with van der Waals surface area (Å²) in [4.78, 5) is 2.79. The fourth-order valence-electron chi connectivity index (χ4n) is 4.17. The molecule has 1 saturated heterocycles. The summed E-state index contributed by atoms with van der Waals surface area (Å²) in [7, 11) is -3.94. The first-order chi connectivity index (χ1) is 17.7. The van der Waals surface area contributed by atoms with Crippen LogP contribution in [0, 0.1) is 18.3 Å². The highest BCUT2D eigenvalue weighted by atomic mass is 35.5. The standard InChI is InChI=1S/C27H25Cl2N3O3S2/c1-19-13-23(29)17-24(14-19)35-25-7-5-21(18-30)16-26(25)37(33,34)32-11-9-31(10-12-32)27(36)8-6-20-3-2-4-22(28)15-20/h2-5,7,13-17H,6,8-12H2,1H3. The lowest BCUT2D eigenvalue weighted by Gasteiger charge is -2.35. The molecule has 0 radical (unpaired) electrons. The van der Waals surface area contributed by atoms with E-state index in [1.165, 1.54) is 22.5 Å². The van der Waals surface area contributed by atoms with Gasteiger partial charge < -0.3 is 9.64 Å². The molecule has 37 heavy (non-hydrogen) atoms. The van der Waals surface area contributed by atoms with Crippen LogP contribution >= 0.6 is 35.4 Å². The molecule has 0 aromatic heterocycles. The lowest BCUT2D eigenvalue weighted by molar-refractivity contribution is 0.265. The fraction of sp³-hybridized carbons (Fsp3) is 0.259. The molecule has 3 aromatic carbocycles. The van der Waals surface area contributed by atoms with E-state index in [1.807, 2.05) is 42.2 Å². The van der Waals surface area contributed by atoms with Crippen molar-refractivity contribution >= 4 is 50.4 Å². The van der Waals surface area contributed by atoms with Gasteiger partial charge >= 0.3 is 0 Å². The number of piperazine rings is 1. The number of aryl methyl sites for hydroxylation is 2. The first-order valence-corrected chi connectivity index (χ1v) is 14.3. The van der Waals surface area contributed by atoms with Gasteiger partial charge in [0.25, 0.3) is 0 Å². The van der Waals surface area contributed by atoms with E-state index in [-0.39, 0.29) is 29.3 Å². The molecule has 192 valence electrons. The van der Waals surface area contributed by atoms with E-state index in [0.717, 1.165) is 22.5 Å². The smallest absolute Gasteiger partial charge is 0.246 e. The van der Waals surface area contributed by atoms with Gasteiger partial charge in [0.15, 0.2) is 0 Å². The molecule has 0 saturated carbocycles. The van der Waals surface area contributed by atoms with Crippen molar-refractivity contribution in [2.75, 3.05) is 26.2 Å². The van der Waals surface area contributed by atoms with E-state index >= 15 is 0 Å². The van der Waals surface area contributed by atoms with E-state index in [2.05, 4.69) is 0 Å². The number of benzene rings is 3. The Balaban J connectivity index is 1.47. The molecule has 10 heteroatoms. The largest absolute Gasteiger partial charge is 0.456 e. The zero-order chi connectivity index (χ0) is 26.6. The highest BCUT2D eigenvalue weighted by Gasteiger charge is 2.32. The zero-order valence-corrected chi connectivity index (χ0v) is 23.3. The Labute approximate surface area is 233 Å². The highest BCUT2D eigenvalue weighted by Crippen LogP contribution is 2.33. The Morgan fingerprint density at radius 2 is 1.78 bits per heavy atom. The number of sulfonamides is 1. The molecular weight excluding hydrogens is 549 g/mol. The van der Waals surface area contributed by atoms with Crippen LogP contribution in [0.2, 0.25) is 10.0 Å². The lowest BCUT2D eigenvalue weighted by atomic mass is 10.1. The van der Waals surface area contributed by atoms with Gasteiger partial charge in [0.2, 0.25) is 10.0 Å². The Morgan fingerprint density at radius 1 is 1.03 bits per heavy atom. The van der Waals surface area contributed by atoms with Crippen LogP contribution in [0.3, 0.4) is 0 Å². The van der Waals surface area contributed by atoms with Gasteiger partial charge in [-0.15, -0.1) is 0 Å². The second kappa shape index (κ2) is 11.8. The summed E-state index contributed by atoms with van der Waals surface area (Å²) in [6, 6.07) is 19.2.